The predicted octanol–water partition coefficient (Wildman–Crippen LogP) is 1.04. The van der Waals surface area contributed by atoms with E-state index in [1.54, 1.807) is 19.9 Å². The van der Waals surface area contributed by atoms with Crippen LogP contribution in [0.15, 0.2) is 10.6 Å². The van der Waals surface area contributed by atoms with Crippen LogP contribution in [0.25, 0.3) is 0 Å². The molecule has 1 atom stereocenters. The van der Waals surface area contributed by atoms with E-state index in [1.165, 1.54) is 6.92 Å². The number of hydrogen-bond acceptors (Lipinski definition) is 4. The molecule has 3 N–H and O–H groups in total. The van der Waals surface area contributed by atoms with Gasteiger partial charge in [-0.25, -0.2) is 9.59 Å². The summed E-state index contributed by atoms with van der Waals surface area (Å²) in [6.45, 7) is 5.07. The SMILES string of the molecule is CCC(C)(NC(=O)NCc1cc(C)on1)C(=O)O. The molecule has 1 heterocycles. The van der Waals surface area contributed by atoms with Crippen molar-refractivity contribution in [1.29, 1.82) is 0 Å². The highest BCUT2D eigenvalue weighted by Gasteiger charge is 2.32. The quantitative estimate of drug-likeness (QED) is 0.729. The first-order chi connectivity index (χ1) is 8.37. The van der Waals surface area contributed by atoms with E-state index in [2.05, 4.69) is 15.8 Å². The number of carbonyl (C=O) groups excluding carboxylic acids is 1. The smallest absolute Gasteiger partial charge is 0.329 e. The highest BCUT2D eigenvalue weighted by molar-refractivity contribution is 5.85. The molecule has 0 aliphatic carbocycles. The average molecular weight is 255 g/mol. The van der Waals surface area contributed by atoms with Gasteiger partial charge in [0.2, 0.25) is 0 Å². The molecule has 0 saturated heterocycles. The summed E-state index contributed by atoms with van der Waals surface area (Å²) in [5.41, 5.74) is -0.694. The van der Waals surface area contributed by atoms with Crippen molar-refractivity contribution in [3.63, 3.8) is 0 Å². The molecule has 18 heavy (non-hydrogen) atoms. The van der Waals surface area contributed by atoms with E-state index in [1.807, 2.05) is 0 Å². The monoisotopic (exact) mass is 255 g/mol. The van der Waals surface area contributed by atoms with Gasteiger partial charge in [-0.15, -0.1) is 0 Å². The molecule has 1 aromatic heterocycles. The number of aryl methyl sites for hydroxylation is 1. The van der Waals surface area contributed by atoms with Crippen molar-refractivity contribution in [2.24, 2.45) is 0 Å². The average Bonchev–Trinajstić information content (AvgIpc) is 2.72. The van der Waals surface area contributed by atoms with E-state index in [0.717, 1.165) is 0 Å². The lowest BCUT2D eigenvalue weighted by Crippen LogP contribution is -2.54. The molecule has 7 nitrogen and oxygen atoms in total. The summed E-state index contributed by atoms with van der Waals surface area (Å²) in [5.74, 6) is -0.423. The van der Waals surface area contributed by atoms with Crippen LogP contribution in [0.3, 0.4) is 0 Å². The lowest BCUT2D eigenvalue weighted by molar-refractivity contribution is -0.143. The van der Waals surface area contributed by atoms with Crippen LogP contribution in [-0.4, -0.2) is 27.8 Å². The van der Waals surface area contributed by atoms with Crippen molar-refractivity contribution < 1.29 is 19.2 Å². The summed E-state index contributed by atoms with van der Waals surface area (Å²) in [6.07, 6.45) is 0.290. The minimum atomic E-state index is -1.27. The van der Waals surface area contributed by atoms with Crippen LogP contribution in [0, 0.1) is 6.92 Å². The fourth-order valence-electron chi connectivity index (χ4n) is 1.26. The molecule has 7 heteroatoms. The zero-order valence-corrected chi connectivity index (χ0v) is 10.6. The Morgan fingerprint density at radius 3 is 2.67 bits per heavy atom. The second-order valence-electron chi connectivity index (χ2n) is 4.23. The van der Waals surface area contributed by atoms with Crippen LogP contribution in [0.2, 0.25) is 0 Å². The van der Waals surface area contributed by atoms with Gasteiger partial charge in [-0.05, 0) is 20.3 Å². The largest absolute Gasteiger partial charge is 0.480 e. The molecule has 0 fully saturated rings. The van der Waals surface area contributed by atoms with Gasteiger partial charge < -0.3 is 20.3 Å². The number of rotatable bonds is 5. The lowest BCUT2D eigenvalue weighted by atomic mass is 10.00. The third-order valence-corrected chi connectivity index (χ3v) is 2.68. The molecule has 0 spiro atoms. The number of hydrogen-bond donors (Lipinski definition) is 3. The Labute approximate surface area is 105 Å². The van der Waals surface area contributed by atoms with Crippen LogP contribution in [0.4, 0.5) is 4.79 Å². The molecule has 100 valence electrons. The minimum absolute atomic E-state index is 0.183. The molecule has 0 radical (unpaired) electrons. The van der Waals surface area contributed by atoms with Gasteiger partial charge in [-0.2, -0.15) is 0 Å². The van der Waals surface area contributed by atoms with E-state index in [4.69, 9.17) is 9.63 Å². The highest BCUT2D eigenvalue weighted by atomic mass is 16.5. The number of urea groups is 1. The first kappa shape index (κ1) is 14.0. The molecule has 1 unspecified atom stereocenters. The Morgan fingerprint density at radius 1 is 1.56 bits per heavy atom. The van der Waals surface area contributed by atoms with Gasteiger partial charge in [-0.1, -0.05) is 12.1 Å². The molecule has 1 rings (SSSR count). The lowest BCUT2D eigenvalue weighted by Gasteiger charge is -2.24. The molecule has 1 aromatic rings. The second kappa shape index (κ2) is 5.52. The summed E-state index contributed by atoms with van der Waals surface area (Å²) in [7, 11) is 0. The van der Waals surface area contributed by atoms with Crippen molar-refractivity contribution in [3.8, 4) is 0 Å². The summed E-state index contributed by atoms with van der Waals surface area (Å²) < 4.78 is 4.84. The van der Waals surface area contributed by atoms with Gasteiger partial charge in [0.25, 0.3) is 0 Å². The maximum atomic E-state index is 11.6. The zero-order chi connectivity index (χ0) is 13.8. The molecular weight excluding hydrogens is 238 g/mol. The third kappa shape index (κ3) is 3.47. The topological polar surface area (TPSA) is 104 Å². The van der Waals surface area contributed by atoms with Crippen molar-refractivity contribution in [2.75, 3.05) is 0 Å². The van der Waals surface area contributed by atoms with E-state index in [-0.39, 0.29) is 6.54 Å². The standard InChI is InChI=1S/C11H17N3O4/c1-4-11(3,9(15)16)13-10(17)12-6-8-5-7(2)18-14-8/h5H,4,6H2,1-3H3,(H,15,16)(H2,12,13,17). The number of nitrogens with zero attached hydrogens (tertiary/aromatic N) is 1. The summed E-state index contributed by atoms with van der Waals surface area (Å²) >= 11 is 0. The Kier molecular flexibility index (Phi) is 4.30. The van der Waals surface area contributed by atoms with Crippen molar-refractivity contribution in [2.45, 2.75) is 39.3 Å². The minimum Gasteiger partial charge on any atom is -0.480 e. The van der Waals surface area contributed by atoms with Gasteiger partial charge in [0.15, 0.2) is 0 Å². The van der Waals surface area contributed by atoms with E-state index < -0.39 is 17.5 Å². The first-order valence-corrected chi connectivity index (χ1v) is 5.59. The van der Waals surface area contributed by atoms with Gasteiger partial charge in [0.05, 0.1) is 6.54 Å². The fraction of sp³-hybridized carbons (Fsp3) is 0.545. The van der Waals surface area contributed by atoms with Gasteiger partial charge in [0, 0.05) is 6.07 Å². The van der Waals surface area contributed by atoms with E-state index >= 15 is 0 Å². The predicted molar refractivity (Wildman–Crippen MR) is 62.9 cm³/mol. The number of aliphatic carboxylic acids is 1. The van der Waals surface area contributed by atoms with Crippen molar-refractivity contribution >= 4 is 12.0 Å². The van der Waals surface area contributed by atoms with Crippen LogP contribution in [0.1, 0.15) is 31.7 Å². The molecule has 0 aromatic carbocycles. The van der Waals surface area contributed by atoms with Gasteiger partial charge in [-0.3, -0.25) is 0 Å². The number of carboxylic acids is 1. The summed E-state index contributed by atoms with van der Waals surface area (Å²) in [4.78, 5) is 22.6. The van der Waals surface area contributed by atoms with Crippen molar-refractivity contribution in [1.82, 2.24) is 15.8 Å². The fourth-order valence-corrected chi connectivity index (χ4v) is 1.26. The Morgan fingerprint density at radius 2 is 2.22 bits per heavy atom. The highest BCUT2D eigenvalue weighted by Crippen LogP contribution is 2.08. The first-order valence-electron chi connectivity index (χ1n) is 5.59. The zero-order valence-electron chi connectivity index (χ0n) is 10.6. The Hall–Kier alpha value is -2.05. The molecule has 0 bridgehead atoms. The van der Waals surface area contributed by atoms with Crippen LogP contribution < -0.4 is 10.6 Å². The van der Waals surface area contributed by atoms with Crippen LogP contribution in [-0.2, 0) is 11.3 Å². The number of carboxylic acid groups (broad SMARTS) is 1. The number of nitrogens with one attached hydrogen (secondary N) is 2. The van der Waals surface area contributed by atoms with Crippen molar-refractivity contribution in [3.05, 3.63) is 17.5 Å². The molecule has 0 saturated carbocycles. The van der Waals surface area contributed by atoms with Crippen LogP contribution in [0.5, 0.6) is 0 Å². The number of amides is 2. The van der Waals surface area contributed by atoms with Gasteiger partial charge >= 0.3 is 12.0 Å². The molecule has 0 aliphatic heterocycles. The van der Waals surface area contributed by atoms with E-state index in [0.29, 0.717) is 17.9 Å². The second-order valence-corrected chi connectivity index (χ2v) is 4.23. The summed E-state index contributed by atoms with van der Waals surface area (Å²) in [6, 6.07) is 1.14. The molecule has 2 amide bonds. The number of aromatic nitrogens is 1. The van der Waals surface area contributed by atoms with Crippen LogP contribution >= 0.6 is 0 Å². The maximum Gasteiger partial charge on any atom is 0.329 e. The number of carbonyl (C=O) groups is 2. The summed E-state index contributed by atoms with van der Waals surface area (Å²) in [5, 5.41) is 17.6. The maximum absolute atomic E-state index is 11.6. The normalized spacial score (nSPS) is 13.7. The Balaban J connectivity index is 2.49. The molecule has 0 aliphatic rings. The third-order valence-electron chi connectivity index (χ3n) is 2.68. The van der Waals surface area contributed by atoms with Gasteiger partial charge in [0.1, 0.15) is 17.0 Å². The van der Waals surface area contributed by atoms with E-state index in [9.17, 15) is 9.59 Å². The molecular formula is C11H17N3O4. The Bertz CT molecular complexity index is 443.